The summed E-state index contributed by atoms with van der Waals surface area (Å²) in [5, 5.41) is 0. The minimum absolute atomic E-state index is 0. The zero-order chi connectivity index (χ0) is 15.2. The Bertz CT molecular complexity index is 722. The maximum Gasteiger partial charge on any atom is -1.00 e. The second kappa shape index (κ2) is 7.55. The molecule has 0 heterocycles. The number of alkyl halides is 3. The number of rotatable bonds is 1. The summed E-state index contributed by atoms with van der Waals surface area (Å²) in [5.41, 5.74) is 4.98. The second-order valence-corrected chi connectivity index (χ2v) is 6.62. The van der Waals surface area contributed by atoms with Crippen LogP contribution in [0.5, 0.6) is 0 Å². The van der Waals surface area contributed by atoms with Gasteiger partial charge in [0.25, 0.3) is 0 Å². The van der Waals surface area contributed by atoms with Gasteiger partial charge in [0.05, 0.1) is 0 Å². The van der Waals surface area contributed by atoms with Gasteiger partial charge in [-0.05, 0) is 0 Å². The topological polar surface area (TPSA) is 0 Å². The molecule has 2 aromatic carbocycles. The van der Waals surface area contributed by atoms with Crippen LogP contribution in [-0.2, 0) is 30.9 Å². The molecule has 0 N–H and O–H groups in total. The molecule has 1 aliphatic carbocycles. The van der Waals surface area contributed by atoms with E-state index in [9.17, 15) is 13.2 Å². The molecule has 23 heavy (non-hydrogen) atoms. The van der Waals surface area contributed by atoms with Gasteiger partial charge in [0.15, 0.2) is 0 Å². The van der Waals surface area contributed by atoms with Gasteiger partial charge in [0, 0.05) is 0 Å². The van der Waals surface area contributed by atoms with Gasteiger partial charge in [0.2, 0.25) is 0 Å². The average molecular weight is 435 g/mol. The van der Waals surface area contributed by atoms with Crippen LogP contribution in [0.25, 0.3) is 17.2 Å². The van der Waals surface area contributed by atoms with Crippen molar-refractivity contribution in [2.75, 3.05) is 0 Å². The zero-order valence-corrected chi connectivity index (χ0v) is 16.1. The summed E-state index contributed by atoms with van der Waals surface area (Å²) >= 11 is 1.44. The monoisotopic (exact) mass is 433 g/mol. The first-order chi connectivity index (χ1) is 9.88. The van der Waals surface area contributed by atoms with Crippen molar-refractivity contribution < 1.29 is 62.7 Å². The molecule has 2 aromatic rings. The van der Waals surface area contributed by atoms with Gasteiger partial charge < -0.3 is 24.8 Å². The van der Waals surface area contributed by atoms with Crippen LogP contribution < -0.4 is 24.8 Å². The van der Waals surface area contributed by atoms with Crippen molar-refractivity contribution in [3.8, 4) is 11.1 Å². The summed E-state index contributed by atoms with van der Waals surface area (Å²) in [6, 6.07) is 11.5. The van der Waals surface area contributed by atoms with Gasteiger partial charge in [-0.25, -0.2) is 0 Å². The van der Waals surface area contributed by atoms with E-state index in [1.807, 2.05) is 12.1 Å². The molecule has 0 saturated heterocycles. The third kappa shape index (κ3) is 3.92. The van der Waals surface area contributed by atoms with Crippen molar-refractivity contribution in [3.05, 3.63) is 64.7 Å². The predicted molar refractivity (Wildman–Crippen MR) is 73.3 cm³/mol. The molecule has 1 atom stereocenters. The molecule has 6 heteroatoms. The summed E-state index contributed by atoms with van der Waals surface area (Å²) in [6.07, 6.45) is -2.13. The Labute approximate surface area is 160 Å². The summed E-state index contributed by atoms with van der Waals surface area (Å²) in [7, 11) is 0. The van der Waals surface area contributed by atoms with Gasteiger partial charge in [-0.15, -0.1) is 0 Å². The molecule has 0 spiro atoms. The number of fused-ring (bicyclic) bond motifs is 1. The molecule has 0 aliphatic heterocycles. The molecule has 0 bridgehead atoms. The molecular formula is C17H12Cl2F3Zr. The number of hydrogen-bond acceptors (Lipinski definition) is 0. The van der Waals surface area contributed by atoms with Gasteiger partial charge in [-0.1, -0.05) is 0 Å². The zero-order valence-electron chi connectivity index (χ0n) is 12.1. The van der Waals surface area contributed by atoms with Crippen molar-refractivity contribution in [2.24, 2.45) is 0 Å². The van der Waals surface area contributed by atoms with E-state index in [4.69, 9.17) is 0 Å². The number of hydrogen-bond donors (Lipinski definition) is 0. The van der Waals surface area contributed by atoms with Crippen LogP contribution in [0.1, 0.15) is 27.2 Å². The quantitative estimate of drug-likeness (QED) is 0.561. The Morgan fingerprint density at radius 2 is 1.57 bits per heavy atom. The minimum atomic E-state index is -4.29. The predicted octanol–water partition coefficient (Wildman–Crippen LogP) is -0.615. The summed E-state index contributed by atoms with van der Waals surface area (Å²) in [4.78, 5) is 0. The van der Waals surface area contributed by atoms with Crippen molar-refractivity contribution in [2.45, 2.75) is 16.7 Å². The molecule has 0 amide bonds. The fraction of sp³-hybridized carbons (Fsp3) is 0.176. The molecule has 0 fully saturated rings. The molecule has 1 unspecified atom stereocenters. The van der Waals surface area contributed by atoms with Gasteiger partial charge in [-0.2, -0.15) is 0 Å². The van der Waals surface area contributed by atoms with Crippen LogP contribution in [0.4, 0.5) is 13.2 Å². The van der Waals surface area contributed by atoms with E-state index in [1.54, 1.807) is 12.1 Å². The first kappa shape index (κ1) is 20.5. The maximum absolute atomic E-state index is 12.6. The van der Waals surface area contributed by atoms with E-state index < -0.39 is 11.7 Å². The van der Waals surface area contributed by atoms with Crippen molar-refractivity contribution in [1.82, 2.24) is 0 Å². The Morgan fingerprint density at radius 3 is 2.13 bits per heavy atom. The fourth-order valence-electron chi connectivity index (χ4n) is 2.64. The molecule has 0 radical (unpaired) electrons. The van der Waals surface area contributed by atoms with Crippen LogP contribution in [0.3, 0.4) is 0 Å². The summed E-state index contributed by atoms with van der Waals surface area (Å²) in [6.45, 7) is 2.11. The average Bonchev–Trinajstić information content (AvgIpc) is 2.74. The van der Waals surface area contributed by atoms with E-state index in [-0.39, 0.29) is 24.8 Å². The van der Waals surface area contributed by atoms with Crippen molar-refractivity contribution >= 4 is 6.08 Å². The largest absolute Gasteiger partial charge is 1.00 e. The van der Waals surface area contributed by atoms with E-state index in [2.05, 4.69) is 19.1 Å². The van der Waals surface area contributed by atoms with Crippen LogP contribution in [0, 0.1) is 0 Å². The molecule has 0 nitrogen and oxygen atoms in total. The Balaban J connectivity index is 0.00000132. The number of benzene rings is 2. The van der Waals surface area contributed by atoms with Crippen LogP contribution in [0.2, 0.25) is 0 Å². The number of halogens is 5. The first-order valence-electron chi connectivity index (χ1n) is 6.58. The normalized spacial score (nSPS) is 16.1. The minimum Gasteiger partial charge on any atom is -1.00 e. The maximum atomic E-state index is 12.6. The summed E-state index contributed by atoms with van der Waals surface area (Å²) in [5.74, 6) is 0. The number of allylic oxidation sites excluding steroid dienone is 1. The van der Waals surface area contributed by atoms with Gasteiger partial charge in [0.1, 0.15) is 0 Å². The van der Waals surface area contributed by atoms with Gasteiger partial charge in [-0.3, -0.25) is 0 Å². The second-order valence-electron chi connectivity index (χ2n) is 5.20. The van der Waals surface area contributed by atoms with E-state index in [0.29, 0.717) is 3.63 Å². The Hall–Kier alpha value is -0.567. The fourth-order valence-corrected chi connectivity index (χ4v) is 3.47. The van der Waals surface area contributed by atoms with Crippen LogP contribution in [0.15, 0.2) is 48.0 Å². The molecular weight excluding hydrogens is 423 g/mol. The van der Waals surface area contributed by atoms with Gasteiger partial charge >= 0.3 is 137 Å². The van der Waals surface area contributed by atoms with Crippen molar-refractivity contribution in [1.29, 1.82) is 0 Å². The van der Waals surface area contributed by atoms with E-state index >= 15 is 0 Å². The molecule has 1 aliphatic rings. The smallest absolute Gasteiger partial charge is 1.00 e. The third-order valence-corrected chi connectivity index (χ3v) is 5.69. The van der Waals surface area contributed by atoms with Crippen molar-refractivity contribution in [3.63, 3.8) is 0 Å². The summed E-state index contributed by atoms with van der Waals surface area (Å²) < 4.78 is 38.4. The van der Waals surface area contributed by atoms with Crippen LogP contribution >= 0.6 is 0 Å². The Morgan fingerprint density at radius 1 is 0.957 bits per heavy atom. The first-order valence-corrected chi connectivity index (χ1v) is 7.99. The molecule has 0 saturated carbocycles. The molecule has 119 valence electrons. The van der Waals surface area contributed by atoms with E-state index in [0.717, 1.165) is 28.8 Å². The molecule has 0 aromatic heterocycles. The Kier molecular flexibility index (Phi) is 6.72. The van der Waals surface area contributed by atoms with Crippen LogP contribution in [-0.4, -0.2) is 0 Å². The molecule has 3 rings (SSSR count). The third-order valence-electron chi connectivity index (χ3n) is 3.80. The SMILES string of the molecule is CC1=Cc2c(-c3ccc(C(F)(F)F)cc3)cccc2[CH]1[Zr+2].[Cl-].[Cl-]. The van der Waals surface area contributed by atoms with E-state index in [1.165, 1.54) is 35.9 Å². The standard InChI is InChI=1S/C17H12F3.2ClH.Zr/c1-11-9-13-3-2-4-15(16(13)10-11)12-5-7-14(8-6-12)17(18,19)20;;;/h2-10H,1H3;2*1H;/q;;;+2/p-2.